The molecule has 7 heteroatoms. The number of aromatic amines is 1. The average molecular weight is 403 g/mol. The third kappa shape index (κ3) is 4.25. The Kier molecular flexibility index (Phi) is 5.61. The van der Waals surface area contributed by atoms with E-state index in [0.29, 0.717) is 30.2 Å². The summed E-state index contributed by atoms with van der Waals surface area (Å²) in [5, 5.41) is 0. The number of pyridine rings is 1. The van der Waals surface area contributed by atoms with Crippen molar-refractivity contribution in [2.75, 3.05) is 31.1 Å². The number of rotatable bonds is 4. The lowest BCUT2D eigenvalue weighted by atomic mass is 10.1. The first-order chi connectivity index (χ1) is 14.5. The number of anilines is 1. The van der Waals surface area contributed by atoms with Gasteiger partial charge < -0.3 is 14.8 Å². The third-order valence-electron chi connectivity index (χ3n) is 5.48. The zero-order chi connectivity index (χ0) is 21.1. The van der Waals surface area contributed by atoms with Crippen LogP contribution in [-0.2, 0) is 11.2 Å². The maximum absolute atomic E-state index is 12.8. The fourth-order valence-electron chi connectivity index (χ4n) is 3.76. The number of carbonyl (C=O) groups excluding carboxylic acids is 1. The smallest absolute Gasteiger partial charge is 0.255 e. The van der Waals surface area contributed by atoms with Crippen molar-refractivity contribution in [1.82, 2.24) is 19.9 Å². The molecule has 0 radical (unpaired) electrons. The predicted octanol–water partition coefficient (Wildman–Crippen LogP) is 2.34. The van der Waals surface area contributed by atoms with Crippen molar-refractivity contribution in [2.45, 2.75) is 20.3 Å². The Bertz CT molecular complexity index is 1100. The molecule has 1 N–H and O–H groups in total. The largest absolute Gasteiger partial charge is 0.368 e. The molecule has 1 saturated heterocycles. The Hall–Kier alpha value is -3.48. The molecule has 1 aliphatic rings. The Labute approximate surface area is 175 Å². The highest BCUT2D eigenvalue weighted by molar-refractivity contribution is 5.79. The molecule has 30 heavy (non-hydrogen) atoms. The fourth-order valence-corrected chi connectivity index (χ4v) is 3.76. The molecule has 154 valence electrons. The molecule has 0 saturated carbocycles. The van der Waals surface area contributed by atoms with E-state index in [2.05, 4.69) is 51.0 Å². The highest BCUT2D eigenvalue weighted by atomic mass is 16.2. The molecular weight excluding hydrogens is 378 g/mol. The lowest BCUT2D eigenvalue weighted by Crippen LogP contribution is -2.49. The standard InChI is InChI=1S/C23H25N5O2/c1-16-5-3-7-19(13-16)27-9-11-28(12-10-27)21(29)14-20-17(2)25-22(26-23(20)30)18-6-4-8-24-15-18/h3-8,13,15H,9-12,14H2,1-2H3,(H,25,26,30). The molecule has 0 bridgehead atoms. The van der Waals surface area contributed by atoms with E-state index in [9.17, 15) is 9.59 Å². The molecule has 0 atom stereocenters. The average Bonchev–Trinajstić information content (AvgIpc) is 2.76. The highest BCUT2D eigenvalue weighted by Gasteiger charge is 2.23. The van der Waals surface area contributed by atoms with Crippen LogP contribution in [0, 0.1) is 13.8 Å². The van der Waals surface area contributed by atoms with Gasteiger partial charge in [-0.05, 0) is 43.7 Å². The third-order valence-corrected chi connectivity index (χ3v) is 5.48. The van der Waals surface area contributed by atoms with E-state index in [1.165, 1.54) is 11.3 Å². The predicted molar refractivity (Wildman–Crippen MR) is 117 cm³/mol. The maximum atomic E-state index is 12.8. The molecule has 1 aromatic carbocycles. The van der Waals surface area contributed by atoms with E-state index in [1.807, 2.05) is 11.0 Å². The summed E-state index contributed by atoms with van der Waals surface area (Å²) < 4.78 is 0. The van der Waals surface area contributed by atoms with Gasteiger partial charge in [0.1, 0.15) is 5.82 Å². The van der Waals surface area contributed by atoms with Crippen molar-refractivity contribution in [3.05, 3.63) is 76.0 Å². The first-order valence-corrected chi connectivity index (χ1v) is 10.1. The molecule has 0 spiro atoms. The van der Waals surface area contributed by atoms with Crippen molar-refractivity contribution in [1.29, 1.82) is 0 Å². The second-order valence-corrected chi connectivity index (χ2v) is 7.60. The van der Waals surface area contributed by atoms with Crippen LogP contribution in [0.25, 0.3) is 11.4 Å². The van der Waals surface area contributed by atoms with Gasteiger partial charge in [-0.15, -0.1) is 0 Å². The molecule has 1 fully saturated rings. The number of piperazine rings is 1. The first-order valence-electron chi connectivity index (χ1n) is 10.1. The van der Waals surface area contributed by atoms with Crippen molar-refractivity contribution in [3.8, 4) is 11.4 Å². The summed E-state index contributed by atoms with van der Waals surface area (Å²) in [4.78, 5) is 40.9. The number of benzene rings is 1. The van der Waals surface area contributed by atoms with Crippen LogP contribution in [-0.4, -0.2) is 51.9 Å². The maximum Gasteiger partial charge on any atom is 0.255 e. The molecule has 4 rings (SSSR count). The zero-order valence-electron chi connectivity index (χ0n) is 17.3. The second kappa shape index (κ2) is 8.49. The first kappa shape index (κ1) is 19.8. The van der Waals surface area contributed by atoms with Crippen LogP contribution in [0.2, 0.25) is 0 Å². The fraction of sp³-hybridized carbons (Fsp3) is 0.304. The lowest BCUT2D eigenvalue weighted by molar-refractivity contribution is -0.130. The molecule has 0 unspecified atom stereocenters. The van der Waals surface area contributed by atoms with E-state index in [0.717, 1.165) is 18.7 Å². The number of nitrogens with zero attached hydrogens (tertiary/aromatic N) is 4. The monoisotopic (exact) mass is 403 g/mol. The van der Waals surface area contributed by atoms with E-state index < -0.39 is 0 Å². The molecule has 1 aliphatic heterocycles. The van der Waals surface area contributed by atoms with E-state index in [4.69, 9.17) is 0 Å². The van der Waals surface area contributed by atoms with Crippen LogP contribution in [0.1, 0.15) is 16.8 Å². The number of aromatic nitrogens is 3. The van der Waals surface area contributed by atoms with Crippen LogP contribution in [0.3, 0.4) is 0 Å². The Morgan fingerprint density at radius 2 is 1.90 bits per heavy atom. The number of hydrogen-bond acceptors (Lipinski definition) is 5. The molecular formula is C23H25N5O2. The van der Waals surface area contributed by atoms with E-state index >= 15 is 0 Å². The van der Waals surface area contributed by atoms with Gasteiger partial charge in [0.15, 0.2) is 0 Å². The van der Waals surface area contributed by atoms with E-state index in [1.54, 1.807) is 25.4 Å². The van der Waals surface area contributed by atoms with Gasteiger partial charge in [-0.3, -0.25) is 14.6 Å². The van der Waals surface area contributed by atoms with Gasteiger partial charge in [-0.25, -0.2) is 4.98 Å². The van der Waals surface area contributed by atoms with Gasteiger partial charge in [0.05, 0.1) is 6.42 Å². The quantitative estimate of drug-likeness (QED) is 0.723. The van der Waals surface area contributed by atoms with Gasteiger partial charge >= 0.3 is 0 Å². The van der Waals surface area contributed by atoms with Gasteiger partial charge in [-0.2, -0.15) is 0 Å². The Morgan fingerprint density at radius 1 is 1.10 bits per heavy atom. The summed E-state index contributed by atoms with van der Waals surface area (Å²) in [5.41, 5.74) is 3.88. The number of hydrogen-bond donors (Lipinski definition) is 1. The van der Waals surface area contributed by atoms with Gasteiger partial charge in [0, 0.05) is 61.1 Å². The molecule has 3 heterocycles. The number of carbonyl (C=O) groups is 1. The summed E-state index contributed by atoms with van der Waals surface area (Å²) >= 11 is 0. The van der Waals surface area contributed by atoms with E-state index in [-0.39, 0.29) is 17.9 Å². The molecule has 1 amide bonds. The van der Waals surface area contributed by atoms with Gasteiger partial charge in [0.25, 0.3) is 5.56 Å². The Morgan fingerprint density at radius 3 is 2.57 bits per heavy atom. The summed E-state index contributed by atoms with van der Waals surface area (Å²) in [6, 6.07) is 12.0. The lowest BCUT2D eigenvalue weighted by Gasteiger charge is -2.36. The summed E-state index contributed by atoms with van der Waals surface area (Å²) in [6.07, 6.45) is 3.38. The van der Waals surface area contributed by atoms with Gasteiger partial charge in [0.2, 0.25) is 5.91 Å². The summed E-state index contributed by atoms with van der Waals surface area (Å²) in [7, 11) is 0. The van der Waals surface area contributed by atoms with Crippen molar-refractivity contribution < 1.29 is 4.79 Å². The Balaban J connectivity index is 1.43. The zero-order valence-corrected chi connectivity index (χ0v) is 17.3. The van der Waals surface area contributed by atoms with Crippen molar-refractivity contribution in [2.24, 2.45) is 0 Å². The number of nitrogens with one attached hydrogen (secondary N) is 1. The summed E-state index contributed by atoms with van der Waals surface area (Å²) in [6.45, 7) is 6.70. The van der Waals surface area contributed by atoms with Crippen LogP contribution < -0.4 is 10.5 Å². The second-order valence-electron chi connectivity index (χ2n) is 7.60. The topological polar surface area (TPSA) is 82.2 Å². The molecule has 2 aromatic heterocycles. The SMILES string of the molecule is Cc1cccc(N2CCN(C(=O)Cc3c(C)nc(-c4cccnc4)[nH]c3=O)CC2)c1. The van der Waals surface area contributed by atoms with Crippen LogP contribution in [0.5, 0.6) is 0 Å². The van der Waals surface area contributed by atoms with Crippen LogP contribution >= 0.6 is 0 Å². The molecule has 0 aliphatic carbocycles. The van der Waals surface area contributed by atoms with Crippen molar-refractivity contribution in [3.63, 3.8) is 0 Å². The highest BCUT2D eigenvalue weighted by Crippen LogP contribution is 2.18. The minimum Gasteiger partial charge on any atom is -0.368 e. The molecule has 7 nitrogen and oxygen atoms in total. The van der Waals surface area contributed by atoms with Crippen molar-refractivity contribution >= 4 is 11.6 Å². The number of H-pyrrole nitrogens is 1. The number of amides is 1. The van der Waals surface area contributed by atoms with Gasteiger partial charge in [-0.1, -0.05) is 12.1 Å². The number of aryl methyl sites for hydroxylation is 2. The normalized spacial score (nSPS) is 14.1. The minimum atomic E-state index is -0.270. The summed E-state index contributed by atoms with van der Waals surface area (Å²) in [5.74, 6) is 0.428. The van der Waals surface area contributed by atoms with Crippen LogP contribution in [0.15, 0.2) is 53.6 Å². The van der Waals surface area contributed by atoms with Crippen LogP contribution in [0.4, 0.5) is 5.69 Å². The minimum absolute atomic E-state index is 0.0385. The molecule has 3 aromatic rings.